The van der Waals surface area contributed by atoms with Crippen LogP contribution in [-0.4, -0.2) is 20.8 Å². The van der Waals surface area contributed by atoms with Crippen LogP contribution >= 0.6 is 22.9 Å². The summed E-state index contributed by atoms with van der Waals surface area (Å²) in [6.07, 6.45) is 1.74. The minimum absolute atomic E-state index is 0.0455. The number of aromatic nitrogens is 2. The van der Waals surface area contributed by atoms with Crippen molar-refractivity contribution >= 4 is 28.6 Å². The molecule has 0 fully saturated rings. The third-order valence-corrected chi connectivity index (χ3v) is 4.68. The molecular weight excluding hydrogens is 318 g/mol. The van der Waals surface area contributed by atoms with E-state index in [9.17, 15) is 4.79 Å². The van der Waals surface area contributed by atoms with Crippen LogP contribution in [0.1, 0.15) is 17.5 Å². The van der Waals surface area contributed by atoms with Gasteiger partial charge in [-0.15, -0.1) is 11.3 Å². The summed E-state index contributed by atoms with van der Waals surface area (Å²) in [4.78, 5) is 20.1. The quantitative estimate of drug-likeness (QED) is 0.718. The minimum atomic E-state index is -0.0455. The zero-order chi connectivity index (χ0) is 15.5. The van der Waals surface area contributed by atoms with Gasteiger partial charge in [0.25, 0.3) is 5.56 Å². The van der Waals surface area contributed by atoms with Crippen LogP contribution in [0.3, 0.4) is 0 Å². The van der Waals surface area contributed by atoms with E-state index in [1.54, 1.807) is 28.0 Å². The van der Waals surface area contributed by atoms with Crippen LogP contribution < -0.4 is 5.56 Å². The molecule has 0 aliphatic heterocycles. The second kappa shape index (κ2) is 6.60. The summed E-state index contributed by atoms with van der Waals surface area (Å²) in [6.45, 7) is 4.44. The molecule has 0 N–H and O–H groups in total. The van der Waals surface area contributed by atoms with Crippen molar-refractivity contribution in [2.24, 2.45) is 0 Å². The molecule has 0 aromatic carbocycles. The van der Waals surface area contributed by atoms with Crippen LogP contribution in [0.5, 0.6) is 0 Å². The first-order chi connectivity index (χ1) is 10.7. The van der Waals surface area contributed by atoms with Crippen molar-refractivity contribution in [3.05, 3.63) is 67.9 Å². The van der Waals surface area contributed by atoms with E-state index in [1.165, 1.54) is 4.88 Å². The summed E-state index contributed by atoms with van der Waals surface area (Å²) >= 11 is 7.56. The molecule has 3 heterocycles. The van der Waals surface area contributed by atoms with Crippen molar-refractivity contribution in [3.63, 3.8) is 0 Å². The van der Waals surface area contributed by atoms with Crippen molar-refractivity contribution in [1.82, 2.24) is 14.3 Å². The SMILES string of the molecule is CCN(Cc1cc(=O)n2ccccc2n1)Cc1ccc(Cl)s1. The highest BCUT2D eigenvalue weighted by Crippen LogP contribution is 2.23. The molecule has 0 radical (unpaired) electrons. The van der Waals surface area contributed by atoms with Gasteiger partial charge in [0.15, 0.2) is 0 Å². The molecule has 0 bridgehead atoms. The Morgan fingerprint density at radius 2 is 2.14 bits per heavy atom. The number of hydrogen-bond donors (Lipinski definition) is 0. The first-order valence-electron chi connectivity index (χ1n) is 7.09. The van der Waals surface area contributed by atoms with Crippen molar-refractivity contribution in [1.29, 1.82) is 0 Å². The summed E-state index contributed by atoms with van der Waals surface area (Å²) in [6, 6.07) is 11.1. The monoisotopic (exact) mass is 333 g/mol. The Kier molecular flexibility index (Phi) is 4.57. The molecule has 3 rings (SSSR count). The van der Waals surface area contributed by atoms with E-state index in [-0.39, 0.29) is 5.56 Å². The van der Waals surface area contributed by atoms with Gasteiger partial charge in [0.05, 0.1) is 10.0 Å². The first-order valence-corrected chi connectivity index (χ1v) is 8.29. The number of hydrogen-bond acceptors (Lipinski definition) is 4. The van der Waals surface area contributed by atoms with Crippen molar-refractivity contribution in [2.75, 3.05) is 6.54 Å². The van der Waals surface area contributed by atoms with Gasteiger partial charge in [0.2, 0.25) is 0 Å². The molecule has 0 spiro atoms. The zero-order valence-corrected chi connectivity index (χ0v) is 13.8. The Labute approximate surface area is 137 Å². The second-order valence-electron chi connectivity index (χ2n) is 5.02. The van der Waals surface area contributed by atoms with Gasteiger partial charge in [-0.1, -0.05) is 24.6 Å². The fourth-order valence-corrected chi connectivity index (χ4v) is 3.48. The van der Waals surface area contributed by atoms with Gasteiger partial charge in [-0.25, -0.2) is 4.98 Å². The van der Waals surface area contributed by atoms with Crippen LogP contribution in [-0.2, 0) is 13.1 Å². The number of thiophene rings is 1. The van der Waals surface area contributed by atoms with Crippen molar-refractivity contribution < 1.29 is 0 Å². The number of halogens is 1. The lowest BCUT2D eigenvalue weighted by molar-refractivity contribution is 0.270. The normalized spacial score (nSPS) is 11.4. The zero-order valence-electron chi connectivity index (χ0n) is 12.2. The minimum Gasteiger partial charge on any atom is -0.293 e. The predicted octanol–water partition coefficient (Wildman–Crippen LogP) is 3.43. The Bertz CT molecular complexity index is 843. The molecule has 0 saturated carbocycles. The molecule has 0 saturated heterocycles. The molecule has 0 aliphatic rings. The van der Waals surface area contributed by atoms with Crippen LogP contribution in [0.15, 0.2) is 47.4 Å². The predicted molar refractivity (Wildman–Crippen MR) is 90.6 cm³/mol. The van der Waals surface area contributed by atoms with Crippen molar-refractivity contribution in [2.45, 2.75) is 20.0 Å². The van der Waals surface area contributed by atoms with E-state index in [0.717, 1.165) is 23.1 Å². The third-order valence-electron chi connectivity index (χ3n) is 3.47. The maximum absolute atomic E-state index is 12.1. The highest BCUT2D eigenvalue weighted by Gasteiger charge is 2.09. The topological polar surface area (TPSA) is 37.6 Å². The van der Waals surface area contributed by atoms with Gasteiger partial charge in [0, 0.05) is 30.2 Å². The van der Waals surface area contributed by atoms with E-state index in [2.05, 4.69) is 16.8 Å². The van der Waals surface area contributed by atoms with E-state index < -0.39 is 0 Å². The molecule has 0 unspecified atom stereocenters. The molecule has 4 nitrogen and oxygen atoms in total. The molecule has 114 valence electrons. The Hall–Kier alpha value is -1.69. The summed E-state index contributed by atoms with van der Waals surface area (Å²) < 4.78 is 2.35. The molecule has 0 amide bonds. The number of rotatable bonds is 5. The Morgan fingerprint density at radius 1 is 1.27 bits per heavy atom. The van der Waals surface area contributed by atoms with E-state index in [4.69, 9.17) is 11.6 Å². The average Bonchev–Trinajstić information content (AvgIpc) is 2.92. The van der Waals surface area contributed by atoms with E-state index in [1.807, 2.05) is 30.3 Å². The summed E-state index contributed by atoms with van der Waals surface area (Å²) in [5.41, 5.74) is 1.43. The standard InChI is InChI=1S/C16H16ClN3OS/c1-2-19(11-13-6-7-14(17)22-13)10-12-9-16(21)20-8-4-3-5-15(20)18-12/h3-9H,2,10-11H2,1H3. The molecule has 3 aromatic heterocycles. The fraction of sp³-hybridized carbons (Fsp3) is 0.250. The van der Waals surface area contributed by atoms with Crippen LogP contribution in [0.25, 0.3) is 5.65 Å². The molecule has 0 aliphatic carbocycles. The first kappa shape index (κ1) is 15.2. The van der Waals surface area contributed by atoms with E-state index >= 15 is 0 Å². The van der Waals surface area contributed by atoms with E-state index in [0.29, 0.717) is 12.2 Å². The lowest BCUT2D eigenvalue weighted by Gasteiger charge is -2.19. The number of nitrogens with zero attached hydrogens (tertiary/aromatic N) is 3. The molecular formula is C16H16ClN3OS. The average molecular weight is 334 g/mol. The molecule has 0 atom stereocenters. The highest BCUT2D eigenvalue weighted by molar-refractivity contribution is 7.16. The lowest BCUT2D eigenvalue weighted by atomic mass is 10.3. The van der Waals surface area contributed by atoms with Gasteiger partial charge >= 0.3 is 0 Å². The smallest absolute Gasteiger partial charge is 0.258 e. The van der Waals surface area contributed by atoms with Gasteiger partial charge in [-0.2, -0.15) is 0 Å². The van der Waals surface area contributed by atoms with Gasteiger partial charge in [-0.05, 0) is 30.8 Å². The van der Waals surface area contributed by atoms with Gasteiger partial charge in [-0.3, -0.25) is 14.1 Å². The summed E-state index contributed by atoms with van der Waals surface area (Å²) in [5.74, 6) is 0. The van der Waals surface area contributed by atoms with Crippen LogP contribution in [0, 0.1) is 0 Å². The second-order valence-corrected chi connectivity index (χ2v) is 6.82. The van der Waals surface area contributed by atoms with Gasteiger partial charge < -0.3 is 0 Å². The molecule has 6 heteroatoms. The summed E-state index contributed by atoms with van der Waals surface area (Å²) in [5, 5.41) is 0. The third kappa shape index (κ3) is 3.38. The largest absolute Gasteiger partial charge is 0.293 e. The van der Waals surface area contributed by atoms with Gasteiger partial charge in [0.1, 0.15) is 5.65 Å². The number of pyridine rings is 1. The van der Waals surface area contributed by atoms with Crippen LogP contribution in [0.2, 0.25) is 4.34 Å². The Morgan fingerprint density at radius 3 is 2.86 bits per heavy atom. The van der Waals surface area contributed by atoms with Crippen LogP contribution in [0.4, 0.5) is 0 Å². The summed E-state index contributed by atoms with van der Waals surface area (Å²) in [7, 11) is 0. The Balaban J connectivity index is 1.82. The van der Waals surface area contributed by atoms with Crippen molar-refractivity contribution in [3.8, 4) is 0 Å². The highest BCUT2D eigenvalue weighted by atomic mass is 35.5. The molecule has 3 aromatic rings. The molecule has 22 heavy (non-hydrogen) atoms. The lowest BCUT2D eigenvalue weighted by Crippen LogP contribution is -2.24. The fourth-order valence-electron chi connectivity index (χ4n) is 2.35. The number of fused-ring (bicyclic) bond motifs is 1. The maximum atomic E-state index is 12.1. The maximum Gasteiger partial charge on any atom is 0.258 e.